The highest BCUT2D eigenvalue weighted by molar-refractivity contribution is 5.77. The highest BCUT2D eigenvalue weighted by Crippen LogP contribution is 2.29. The van der Waals surface area contributed by atoms with Gasteiger partial charge in [0.15, 0.2) is 0 Å². The molecule has 2 rings (SSSR count). The van der Waals surface area contributed by atoms with Gasteiger partial charge in [-0.15, -0.1) is 0 Å². The van der Waals surface area contributed by atoms with E-state index < -0.39 is 5.97 Å². The van der Waals surface area contributed by atoms with Crippen molar-refractivity contribution in [1.82, 2.24) is 10.2 Å². The van der Waals surface area contributed by atoms with Crippen LogP contribution >= 0.6 is 0 Å². The van der Waals surface area contributed by atoms with Crippen LogP contribution in [0.15, 0.2) is 0 Å². The second-order valence-electron chi connectivity index (χ2n) is 5.03. The lowest BCUT2D eigenvalue weighted by molar-refractivity contribution is -0.137. The Kier molecular flexibility index (Phi) is 3.99. The molecule has 1 heterocycles. The normalized spacial score (nSPS) is 24.8. The molecule has 0 aromatic heterocycles. The number of carbonyl (C=O) groups excluding carboxylic acids is 1. The summed E-state index contributed by atoms with van der Waals surface area (Å²) in [5.41, 5.74) is 0. The van der Waals surface area contributed by atoms with E-state index in [1.54, 1.807) is 0 Å². The van der Waals surface area contributed by atoms with Gasteiger partial charge < -0.3 is 10.4 Å². The molecular weight excluding hydrogens is 220 g/mol. The first-order chi connectivity index (χ1) is 8.15. The summed E-state index contributed by atoms with van der Waals surface area (Å²) >= 11 is 0. The van der Waals surface area contributed by atoms with Crippen molar-refractivity contribution in [2.75, 3.05) is 13.1 Å². The van der Waals surface area contributed by atoms with Crippen molar-refractivity contribution in [2.45, 2.75) is 50.6 Å². The van der Waals surface area contributed by atoms with Gasteiger partial charge >= 0.3 is 5.97 Å². The largest absolute Gasteiger partial charge is 0.481 e. The molecule has 2 N–H and O–H groups in total. The van der Waals surface area contributed by atoms with Gasteiger partial charge in [0, 0.05) is 38.0 Å². The molecule has 0 aromatic carbocycles. The van der Waals surface area contributed by atoms with Crippen molar-refractivity contribution in [2.24, 2.45) is 0 Å². The van der Waals surface area contributed by atoms with E-state index in [0.29, 0.717) is 12.8 Å². The summed E-state index contributed by atoms with van der Waals surface area (Å²) in [5.74, 6) is -0.840. The number of carboxylic acids is 1. The predicted octanol–water partition coefficient (Wildman–Crippen LogP) is 0.594. The van der Waals surface area contributed by atoms with Crippen molar-refractivity contribution in [3.63, 3.8) is 0 Å². The van der Waals surface area contributed by atoms with E-state index in [9.17, 15) is 9.59 Å². The van der Waals surface area contributed by atoms with E-state index in [1.165, 1.54) is 12.8 Å². The highest BCUT2D eigenvalue weighted by atomic mass is 16.4. The van der Waals surface area contributed by atoms with Crippen LogP contribution in [0.3, 0.4) is 0 Å². The number of carboxylic acid groups (broad SMARTS) is 1. The molecule has 2 fully saturated rings. The molecule has 2 aliphatic rings. The van der Waals surface area contributed by atoms with Crippen molar-refractivity contribution < 1.29 is 14.7 Å². The Hall–Kier alpha value is -1.10. The Morgan fingerprint density at radius 2 is 2.00 bits per heavy atom. The quantitative estimate of drug-likeness (QED) is 0.713. The Balaban J connectivity index is 1.60. The molecular formula is C12H20N2O3. The zero-order valence-corrected chi connectivity index (χ0v) is 10.0. The van der Waals surface area contributed by atoms with E-state index in [1.807, 2.05) is 0 Å². The van der Waals surface area contributed by atoms with Crippen LogP contribution in [0.5, 0.6) is 0 Å². The minimum Gasteiger partial charge on any atom is -0.481 e. The van der Waals surface area contributed by atoms with Crippen molar-refractivity contribution >= 4 is 11.9 Å². The molecule has 0 bridgehead atoms. The zero-order chi connectivity index (χ0) is 12.3. The molecule has 1 saturated heterocycles. The van der Waals surface area contributed by atoms with Crippen LogP contribution in [0.25, 0.3) is 0 Å². The number of amides is 1. The van der Waals surface area contributed by atoms with Gasteiger partial charge in [-0.3, -0.25) is 14.5 Å². The molecule has 96 valence electrons. The first-order valence-electron chi connectivity index (χ1n) is 6.40. The molecule has 1 unspecified atom stereocenters. The molecule has 0 aromatic rings. The fourth-order valence-electron chi connectivity index (χ4n) is 2.38. The maximum Gasteiger partial charge on any atom is 0.303 e. The lowest BCUT2D eigenvalue weighted by atomic mass is 10.2. The third kappa shape index (κ3) is 4.00. The van der Waals surface area contributed by atoms with Gasteiger partial charge in [-0.05, 0) is 25.7 Å². The van der Waals surface area contributed by atoms with Gasteiger partial charge in [0.05, 0.1) is 0 Å². The van der Waals surface area contributed by atoms with Crippen LogP contribution in [-0.2, 0) is 9.59 Å². The number of hydrogen-bond acceptors (Lipinski definition) is 3. The molecule has 17 heavy (non-hydrogen) atoms. The van der Waals surface area contributed by atoms with Crippen LogP contribution in [0.1, 0.15) is 38.5 Å². The SMILES string of the molecule is O=C(O)CCCC(=O)NC1CCN(C2CC2)C1. The fraction of sp³-hybridized carbons (Fsp3) is 0.833. The molecule has 0 spiro atoms. The van der Waals surface area contributed by atoms with E-state index in [-0.39, 0.29) is 18.4 Å². The Labute approximate surface area is 101 Å². The first-order valence-corrected chi connectivity index (χ1v) is 6.40. The summed E-state index contributed by atoms with van der Waals surface area (Å²) in [5, 5.41) is 11.5. The summed E-state index contributed by atoms with van der Waals surface area (Å²) in [4.78, 5) is 24.3. The molecule has 1 aliphatic carbocycles. The molecule has 1 amide bonds. The van der Waals surface area contributed by atoms with Crippen LogP contribution in [0.4, 0.5) is 0 Å². The van der Waals surface area contributed by atoms with Crippen LogP contribution in [-0.4, -0.2) is 47.1 Å². The summed E-state index contributed by atoms with van der Waals surface area (Å²) in [6.45, 7) is 2.06. The second-order valence-corrected chi connectivity index (χ2v) is 5.03. The van der Waals surface area contributed by atoms with Gasteiger partial charge in [-0.1, -0.05) is 0 Å². The minimum atomic E-state index is -0.835. The van der Waals surface area contributed by atoms with Crippen LogP contribution in [0, 0.1) is 0 Å². The predicted molar refractivity (Wildman–Crippen MR) is 62.6 cm³/mol. The minimum absolute atomic E-state index is 0.00565. The molecule has 5 nitrogen and oxygen atoms in total. The number of rotatable bonds is 6. The third-order valence-corrected chi connectivity index (χ3v) is 3.44. The first kappa shape index (κ1) is 12.4. The lowest BCUT2D eigenvalue weighted by Crippen LogP contribution is -2.37. The van der Waals surface area contributed by atoms with E-state index in [4.69, 9.17) is 5.11 Å². The average molecular weight is 240 g/mol. The molecule has 1 aliphatic heterocycles. The lowest BCUT2D eigenvalue weighted by Gasteiger charge is -2.15. The maximum absolute atomic E-state index is 11.6. The third-order valence-electron chi connectivity index (χ3n) is 3.44. The average Bonchev–Trinajstić information content (AvgIpc) is 3.00. The van der Waals surface area contributed by atoms with Crippen molar-refractivity contribution in [1.29, 1.82) is 0 Å². The molecule has 1 atom stereocenters. The van der Waals surface area contributed by atoms with E-state index >= 15 is 0 Å². The van der Waals surface area contributed by atoms with Crippen molar-refractivity contribution in [3.05, 3.63) is 0 Å². The number of carbonyl (C=O) groups is 2. The standard InChI is InChI=1S/C12H20N2O3/c15-11(2-1-3-12(16)17)13-9-6-7-14(8-9)10-4-5-10/h9-10H,1-8H2,(H,13,15)(H,16,17). The number of likely N-dealkylation sites (tertiary alicyclic amines) is 1. The summed E-state index contributed by atoms with van der Waals surface area (Å²) in [7, 11) is 0. The topological polar surface area (TPSA) is 69.6 Å². The van der Waals surface area contributed by atoms with E-state index in [0.717, 1.165) is 25.6 Å². The smallest absolute Gasteiger partial charge is 0.303 e. The van der Waals surface area contributed by atoms with Gasteiger partial charge in [0.2, 0.25) is 5.91 Å². The van der Waals surface area contributed by atoms with Gasteiger partial charge in [0.25, 0.3) is 0 Å². The number of aliphatic carboxylic acids is 1. The number of nitrogens with one attached hydrogen (secondary N) is 1. The Bertz CT molecular complexity index is 302. The number of hydrogen-bond donors (Lipinski definition) is 2. The zero-order valence-electron chi connectivity index (χ0n) is 10.0. The van der Waals surface area contributed by atoms with Gasteiger partial charge in [0.1, 0.15) is 0 Å². The summed E-state index contributed by atoms with van der Waals surface area (Å²) in [6, 6.07) is 1.04. The maximum atomic E-state index is 11.6. The van der Waals surface area contributed by atoms with Gasteiger partial charge in [-0.25, -0.2) is 0 Å². The molecule has 5 heteroatoms. The Morgan fingerprint density at radius 1 is 1.24 bits per heavy atom. The number of nitrogens with zero attached hydrogens (tertiary/aromatic N) is 1. The monoisotopic (exact) mass is 240 g/mol. The van der Waals surface area contributed by atoms with Crippen molar-refractivity contribution in [3.8, 4) is 0 Å². The fourth-order valence-corrected chi connectivity index (χ4v) is 2.38. The van der Waals surface area contributed by atoms with Crippen LogP contribution in [0.2, 0.25) is 0 Å². The summed E-state index contributed by atoms with van der Waals surface area (Å²) in [6.07, 6.45) is 4.47. The van der Waals surface area contributed by atoms with Gasteiger partial charge in [-0.2, -0.15) is 0 Å². The second kappa shape index (κ2) is 5.49. The molecule has 1 saturated carbocycles. The van der Waals surface area contributed by atoms with Crippen LogP contribution < -0.4 is 5.32 Å². The highest BCUT2D eigenvalue weighted by Gasteiger charge is 2.34. The summed E-state index contributed by atoms with van der Waals surface area (Å²) < 4.78 is 0. The van der Waals surface area contributed by atoms with E-state index in [2.05, 4.69) is 10.2 Å². The Morgan fingerprint density at radius 3 is 2.65 bits per heavy atom. The molecule has 0 radical (unpaired) electrons.